The van der Waals surface area contributed by atoms with E-state index in [1.807, 2.05) is 5.43 Å². The van der Waals surface area contributed by atoms with E-state index in [9.17, 15) is 27.2 Å². The Bertz CT molecular complexity index is 1140. The van der Waals surface area contributed by atoms with E-state index in [-0.39, 0.29) is 22.5 Å². The molecule has 3 rings (SSSR count). The average Bonchev–Trinajstić information content (AvgIpc) is 2.67. The normalized spacial score (nSPS) is 11.4. The number of alkyl halides is 3. The van der Waals surface area contributed by atoms with Gasteiger partial charge in [0, 0.05) is 16.9 Å². The Balaban J connectivity index is 2.30. The molecule has 1 aromatic heterocycles. The fraction of sp³-hybridized carbons (Fsp3) is 0.100. The lowest BCUT2D eigenvalue weighted by atomic mass is 9.99. The number of rotatable bonds is 3. The number of pyridine rings is 1. The summed E-state index contributed by atoms with van der Waals surface area (Å²) in [6, 6.07) is 10.7. The molecular weight excluding hydrogens is 390 g/mol. The second kappa shape index (κ2) is 7.51. The maximum Gasteiger partial charge on any atom is 0.416 e. The lowest BCUT2D eigenvalue weighted by Crippen LogP contribution is -2.37. The van der Waals surface area contributed by atoms with E-state index in [1.165, 1.54) is 37.3 Å². The zero-order valence-electron chi connectivity index (χ0n) is 15.0. The van der Waals surface area contributed by atoms with Crippen molar-refractivity contribution >= 4 is 5.91 Å². The Kier molecular flexibility index (Phi) is 5.25. The van der Waals surface area contributed by atoms with Crippen LogP contribution >= 0.6 is 0 Å². The molecule has 5 nitrogen and oxygen atoms in total. The lowest BCUT2D eigenvalue weighted by molar-refractivity contribution is -0.137. The van der Waals surface area contributed by atoms with Crippen molar-refractivity contribution in [3.05, 3.63) is 87.6 Å². The van der Waals surface area contributed by atoms with Gasteiger partial charge in [0.2, 0.25) is 0 Å². The smallest absolute Gasteiger partial charge is 0.290 e. The van der Waals surface area contributed by atoms with E-state index in [4.69, 9.17) is 5.84 Å². The third kappa shape index (κ3) is 3.90. The molecule has 0 aliphatic heterocycles. The van der Waals surface area contributed by atoms with Crippen LogP contribution in [0.25, 0.3) is 16.8 Å². The van der Waals surface area contributed by atoms with E-state index >= 15 is 0 Å². The molecule has 0 spiro atoms. The highest BCUT2D eigenvalue weighted by Crippen LogP contribution is 2.31. The molecule has 9 heteroatoms. The van der Waals surface area contributed by atoms with Crippen LogP contribution in [0.15, 0.2) is 59.4 Å². The Labute approximate surface area is 162 Å². The van der Waals surface area contributed by atoms with Crippen molar-refractivity contribution in [2.45, 2.75) is 13.1 Å². The minimum Gasteiger partial charge on any atom is -0.290 e. The maximum atomic E-state index is 13.2. The molecule has 1 amide bonds. The fourth-order valence-electron chi connectivity index (χ4n) is 3.02. The summed E-state index contributed by atoms with van der Waals surface area (Å²) in [4.78, 5) is 25.4. The highest BCUT2D eigenvalue weighted by Gasteiger charge is 2.31. The topological polar surface area (TPSA) is 77.1 Å². The number of hydrazine groups is 1. The molecule has 0 unspecified atom stereocenters. The van der Waals surface area contributed by atoms with Crippen LogP contribution in [0.1, 0.15) is 21.6 Å². The zero-order valence-corrected chi connectivity index (χ0v) is 15.0. The van der Waals surface area contributed by atoms with Crippen molar-refractivity contribution in [1.29, 1.82) is 0 Å². The van der Waals surface area contributed by atoms with Crippen LogP contribution in [0.5, 0.6) is 0 Å². The van der Waals surface area contributed by atoms with Crippen molar-refractivity contribution < 1.29 is 22.4 Å². The first-order chi connectivity index (χ1) is 13.6. The van der Waals surface area contributed by atoms with Gasteiger partial charge in [0.15, 0.2) is 0 Å². The Morgan fingerprint density at radius 1 is 1.07 bits per heavy atom. The molecule has 29 heavy (non-hydrogen) atoms. The molecular formula is C20H15F4N3O2. The summed E-state index contributed by atoms with van der Waals surface area (Å²) in [5.74, 6) is 3.77. The molecule has 0 aliphatic carbocycles. The molecule has 0 aliphatic rings. The summed E-state index contributed by atoms with van der Waals surface area (Å²) in [7, 11) is 0. The first-order valence-electron chi connectivity index (χ1n) is 8.34. The third-order valence-corrected chi connectivity index (χ3v) is 4.34. The van der Waals surface area contributed by atoms with Crippen molar-refractivity contribution in [1.82, 2.24) is 9.99 Å². The van der Waals surface area contributed by atoms with Crippen molar-refractivity contribution in [3.8, 4) is 16.8 Å². The van der Waals surface area contributed by atoms with Gasteiger partial charge in [-0.3, -0.25) is 19.6 Å². The molecule has 0 saturated carbocycles. The predicted molar refractivity (Wildman–Crippen MR) is 98.8 cm³/mol. The van der Waals surface area contributed by atoms with Gasteiger partial charge in [-0.15, -0.1) is 0 Å². The SMILES string of the molecule is Cc1cc(-c2ccc(F)cc2)c(C(=O)NN)c(=O)n1-c1cccc(C(F)(F)F)c1. The zero-order chi connectivity index (χ0) is 21.3. The van der Waals surface area contributed by atoms with Crippen LogP contribution in [0.2, 0.25) is 0 Å². The van der Waals surface area contributed by atoms with E-state index in [2.05, 4.69) is 0 Å². The van der Waals surface area contributed by atoms with E-state index in [1.54, 1.807) is 0 Å². The summed E-state index contributed by atoms with van der Waals surface area (Å²) in [5, 5.41) is 0. The number of amides is 1. The molecule has 0 bridgehead atoms. The van der Waals surface area contributed by atoms with Crippen LogP contribution in [0.3, 0.4) is 0 Å². The maximum absolute atomic E-state index is 13.2. The first kappa shape index (κ1) is 20.3. The molecule has 0 fully saturated rings. The Hall–Kier alpha value is -3.46. The molecule has 1 heterocycles. The number of aromatic nitrogens is 1. The molecule has 3 N–H and O–H groups in total. The van der Waals surface area contributed by atoms with Gasteiger partial charge in [-0.25, -0.2) is 10.2 Å². The lowest BCUT2D eigenvalue weighted by Gasteiger charge is -2.17. The third-order valence-electron chi connectivity index (χ3n) is 4.34. The van der Waals surface area contributed by atoms with Crippen LogP contribution in [-0.4, -0.2) is 10.5 Å². The number of carbonyl (C=O) groups excluding carboxylic acids is 1. The number of benzene rings is 2. The molecule has 0 saturated heterocycles. The number of nitrogens with two attached hydrogens (primary N) is 1. The van der Waals surface area contributed by atoms with Crippen LogP contribution in [0, 0.1) is 12.7 Å². The van der Waals surface area contributed by atoms with Gasteiger partial charge in [-0.1, -0.05) is 18.2 Å². The second-order valence-electron chi connectivity index (χ2n) is 6.24. The number of nitrogens with one attached hydrogen (secondary N) is 1. The number of halogens is 4. The summed E-state index contributed by atoms with van der Waals surface area (Å²) in [6.45, 7) is 1.51. The van der Waals surface area contributed by atoms with E-state index in [0.29, 0.717) is 5.56 Å². The largest absolute Gasteiger partial charge is 0.416 e. The van der Waals surface area contributed by atoms with Gasteiger partial charge >= 0.3 is 6.18 Å². The number of aryl methyl sites for hydroxylation is 1. The summed E-state index contributed by atoms with van der Waals surface area (Å²) < 4.78 is 53.4. The van der Waals surface area contributed by atoms with Gasteiger partial charge in [0.05, 0.1) is 5.56 Å². The first-order valence-corrected chi connectivity index (χ1v) is 8.34. The van der Waals surface area contributed by atoms with E-state index < -0.39 is 29.0 Å². The standard InChI is InChI=1S/C20H15F4N3O2/c1-11-9-16(12-5-7-14(21)8-6-12)17(18(28)26-25)19(29)27(11)15-4-2-3-13(10-15)20(22,23)24/h2-10H,25H2,1H3,(H,26,28). The summed E-state index contributed by atoms with van der Waals surface area (Å²) in [6.07, 6.45) is -4.60. The molecule has 0 atom stereocenters. The number of hydrogen-bond donors (Lipinski definition) is 2. The second-order valence-corrected chi connectivity index (χ2v) is 6.24. The van der Waals surface area contributed by atoms with Gasteiger partial charge < -0.3 is 0 Å². The Morgan fingerprint density at radius 3 is 2.31 bits per heavy atom. The number of hydrogen-bond acceptors (Lipinski definition) is 3. The highest BCUT2D eigenvalue weighted by atomic mass is 19.4. The minimum atomic E-state index is -4.60. The number of carbonyl (C=O) groups is 1. The minimum absolute atomic E-state index is 0.0564. The predicted octanol–water partition coefficient (Wildman–Crippen LogP) is 3.57. The molecule has 2 aromatic carbocycles. The van der Waals surface area contributed by atoms with Crippen LogP contribution in [0.4, 0.5) is 17.6 Å². The van der Waals surface area contributed by atoms with Crippen molar-refractivity contribution in [3.63, 3.8) is 0 Å². The summed E-state index contributed by atoms with van der Waals surface area (Å²) >= 11 is 0. The molecule has 0 radical (unpaired) electrons. The van der Waals surface area contributed by atoms with Gasteiger partial charge in [-0.2, -0.15) is 13.2 Å². The molecule has 150 valence electrons. The quantitative estimate of drug-likeness (QED) is 0.303. The van der Waals surface area contributed by atoms with Crippen LogP contribution < -0.4 is 16.8 Å². The Morgan fingerprint density at radius 2 is 1.72 bits per heavy atom. The van der Waals surface area contributed by atoms with Crippen molar-refractivity contribution in [2.24, 2.45) is 5.84 Å². The number of nitrogens with zero attached hydrogens (tertiary/aromatic N) is 1. The molecule has 3 aromatic rings. The number of nitrogen functional groups attached to an aromatic ring is 1. The summed E-state index contributed by atoms with van der Waals surface area (Å²) in [5.41, 5.74) is 0.486. The van der Waals surface area contributed by atoms with Gasteiger partial charge in [-0.05, 0) is 48.9 Å². The van der Waals surface area contributed by atoms with Gasteiger partial charge in [0.1, 0.15) is 11.4 Å². The van der Waals surface area contributed by atoms with Gasteiger partial charge in [0.25, 0.3) is 11.5 Å². The fourth-order valence-corrected chi connectivity index (χ4v) is 3.02. The van der Waals surface area contributed by atoms with E-state index in [0.717, 1.165) is 28.8 Å². The van der Waals surface area contributed by atoms with Crippen molar-refractivity contribution in [2.75, 3.05) is 0 Å². The monoisotopic (exact) mass is 405 g/mol. The van der Waals surface area contributed by atoms with Crippen LogP contribution in [-0.2, 0) is 6.18 Å². The highest BCUT2D eigenvalue weighted by molar-refractivity contribution is 6.00. The average molecular weight is 405 g/mol.